The molecule has 0 radical (unpaired) electrons. The van der Waals surface area contributed by atoms with Crippen molar-refractivity contribution in [1.82, 2.24) is 0 Å². The molecule has 3 nitrogen and oxygen atoms in total. The first-order valence-corrected chi connectivity index (χ1v) is 5.59. The number of Topliss-reactive ketones (excluding diaryl/α,β-unsaturated/α-hetero) is 1. The summed E-state index contributed by atoms with van der Waals surface area (Å²) in [5.41, 5.74) is 5.35. The smallest absolute Gasteiger partial charge is 0.221 e. The molecule has 0 spiro atoms. The second-order valence-corrected chi connectivity index (χ2v) is 5.52. The molecule has 0 fully saturated rings. The van der Waals surface area contributed by atoms with Crippen LogP contribution < -0.4 is 5.73 Å². The van der Waals surface area contributed by atoms with Crippen molar-refractivity contribution in [3.05, 3.63) is 12.7 Å². The number of rotatable bonds is 6. The van der Waals surface area contributed by atoms with Gasteiger partial charge in [-0.05, 0) is 25.2 Å². The number of allylic oxidation sites excluding steroid dienone is 1. The first kappa shape index (κ1) is 14.9. The molecule has 0 saturated carbocycles. The Morgan fingerprint density at radius 1 is 1.31 bits per heavy atom. The number of hydrogen-bond acceptors (Lipinski definition) is 2. The molecule has 0 heterocycles. The maximum Gasteiger partial charge on any atom is 0.221 e. The molecule has 2 atom stereocenters. The fraction of sp³-hybridized carbons (Fsp3) is 0.692. The van der Waals surface area contributed by atoms with Crippen molar-refractivity contribution in [2.45, 2.75) is 40.5 Å². The van der Waals surface area contributed by atoms with E-state index in [4.69, 9.17) is 5.73 Å². The van der Waals surface area contributed by atoms with E-state index in [9.17, 15) is 9.59 Å². The fourth-order valence-corrected chi connectivity index (χ4v) is 1.89. The predicted molar refractivity (Wildman–Crippen MR) is 65.7 cm³/mol. The summed E-state index contributed by atoms with van der Waals surface area (Å²) in [6, 6.07) is 0. The quantitative estimate of drug-likeness (QED) is 0.705. The van der Waals surface area contributed by atoms with Crippen molar-refractivity contribution in [3.8, 4) is 0 Å². The third-order valence-electron chi connectivity index (χ3n) is 2.63. The summed E-state index contributed by atoms with van der Waals surface area (Å²) in [6.45, 7) is 11.3. The first-order chi connectivity index (χ1) is 7.19. The van der Waals surface area contributed by atoms with Crippen LogP contribution in [-0.4, -0.2) is 11.7 Å². The lowest BCUT2D eigenvalue weighted by Crippen LogP contribution is -2.35. The van der Waals surface area contributed by atoms with Gasteiger partial charge in [0.2, 0.25) is 5.91 Å². The Morgan fingerprint density at radius 3 is 2.06 bits per heavy atom. The molecule has 3 heteroatoms. The summed E-state index contributed by atoms with van der Waals surface area (Å²) in [7, 11) is 0. The highest BCUT2D eigenvalue weighted by Gasteiger charge is 2.32. The minimum absolute atomic E-state index is 0.00517. The van der Waals surface area contributed by atoms with E-state index in [0.717, 1.165) is 0 Å². The van der Waals surface area contributed by atoms with Gasteiger partial charge in [0, 0.05) is 5.92 Å². The molecule has 0 aromatic carbocycles. The molecular formula is C13H23NO2. The van der Waals surface area contributed by atoms with Gasteiger partial charge in [-0.15, -0.1) is 6.58 Å². The van der Waals surface area contributed by atoms with Crippen molar-refractivity contribution in [2.75, 3.05) is 0 Å². The third-order valence-corrected chi connectivity index (χ3v) is 2.63. The zero-order valence-electron chi connectivity index (χ0n) is 10.7. The molecule has 0 bridgehead atoms. The van der Waals surface area contributed by atoms with Gasteiger partial charge < -0.3 is 5.73 Å². The Morgan fingerprint density at radius 2 is 1.81 bits per heavy atom. The normalized spacial score (nSPS) is 15.2. The van der Waals surface area contributed by atoms with E-state index in [0.29, 0.717) is 12.8 Å². The number of amides is 1. The summed E-state index contributed by atoms with van der Waals surface area (Å²) >= 11 is 0. The van der Waals surface area contributed by atoms with Gasteiger partial charge in [-0.3, -0.25) is 9.59 Å². The minimum Gasteiger partial charge on any atom is -0.369 e. The van der Waals surface area contributed by atoms with Crippen molar-refractivity contribution >= 4 is 11.7 Å². The van der Waals surface area contributed by atoms with Crippen molar-refractivity contribution in [1.29, 1.82) is 0 Å². The zero-order chi connectivity index (χ0) is 12.9. The molecule has 0 aromatic heterocycles. The van der Waals surface area contributed by atoms with E-state index in [1.807, 2.05) is 0 Å². The Hall–Kier alpha value is -1.12. The van der Waals surface area contributed by atoms with E-state index in [-0.39, 0.29) is 17.1 Å². The highest BCUT2D eigenvalue weighted by Crippen LogP contribution is 2.31. The number of ketones is 1. The van der Waals surface area contributed by atoms with Gasteiger partial charge in [-0.2, -0.15) is 0 Å². The molecule has 92 valence electrons. The Bertz CT molecular complexity index is 276. The second-order valence-electron chi connectivity index (χ2n) is 5.52. The largest absolute Gasteiger partial charge is 0.369 e. The molecule has 0 aliphatic carbocycles. The van der Waals surface area contributed by atoms with E-state index in [1.54, 1.807) is 6.08 Å². The number of nitrogens with two attached hydrogens (primary N) is 1. The summed E-state index contributed by atoms with van der Waals surface area (Å²) in [5.74, 6) is -1.10. The van der Waals surface area contributed by atoms with Crippen LogP contribution in [0.15, 0.2) is 12.7 Å². The minimum atomic E-state index is -0.422. The lowest BCUT2D eigenvalue weighted by atomic mass is 9.75. The summed E-state index contributed by atoms with van der Waals surface area (Å²) in [5, 5.41) is 0. The van der Waals surface area contributed by atoms with Crippen LogP contribution in [0.5, 0.6) is 0 Å². The van der Waals surface area contributed by atoms with Gasteiger partial charge >= 0.3 is 0 Å². The lowest BCUT2D eigenvalue weighted by molar-refractivity contribution is -0.131. The predicted octanol–water partition coefficient (Wildman–Crippen LogP) is 2.31. The van der Waals surface area contributed by atoms with Crippen molar-refractivity contribution in [2.24, 2.45) is 23.0 Å². The Balaban J connectivity index is 4.92. The van der Waals surface area contributed by atoms with Crippen LogP contribution in [0.4, 0.5) is 0 Å². The molecule has 0 aliphatic rings. The summed E-state index contributed by atoms with van der Waals surface area (Å²) in [4.78, 5) is 22.9. The molecular weight excluding hydrogens is 202 g/mol. The van der Waals surface area contributed by atoms with Gasteiger partial charge in [0.1, 0.15) is 5.78 Å². The summed E-state index contributed by atoms with van der Waals surface area (Å²) < 4.78 is 0. The first-order valence-electron chi connectivity index (χ1n) is 5.59. The monoisotopic (exact) mass is 225 g/mol. The van der Waals surface area contributed by atoms with Crippen molar-refractivity contribution < 1.29 is 9.59 Å². The van der Waals surface area contributed by atoms with Gasteiger partial charge in [-0.25, -0.2) is 0 Å². The average Bonchev–Trinajstić information content (AvgIpc) is 2.08. The van der Waals surface area contributed by atoms with E-state index in [1.165, 1.54) is 6.92 Å². The highest BCUT2D eigenvalue weighted by molar-refractivity contribution is 5.86. The molecule has 0 rings (SSSR count). The molecule has 1 amide bonds. The maximum absolute atomic E-state index is 11.6. The van der Waals surface area contributed by atoms with Gasteiger partial charge in [0.15, 0.2) is 0 Å². The van der Waals surface area contributed by atoms with Crippen LogP contribution in [0.2, 0.25) is 0 Å². The second kappa shape index (κ2) is 5.83. The number of carbonyl (C=O) groups is 2. The van der Waals surface area contributed by atoms with Crippen LogP contribution in [0.1, 0.15) is 40.5 Å². The molecule has 0 aromatic rings. The van der Waals surface area contributed by atoms with Crippen LogP contribution >= 0.6 is 0 Å². The van der Waals surface area contributed by atoms with Crippen LogP contribution in [0.3, 0.4) is 0 Å². The average molecular weight is 225 g/mol. The summed E-state index contributed by atoms with van der Waals surface area (Å²) in [6.07, 6.45) is 2.79. The van der Waals surface area contributed by atoms with E-state index < -0.39 is 11.8 Å². The molecule has 16 heavy (non-hydrogen) atoms. The molecule has 2 N–H and O–H groups in total. The fourth-order valence-electron chi connectivity index (χ4n) is 1.89. The Kier molecular flexibility index (Phi) is 5.42. The lowest BCUT2D eigenvalue weighted by Gasteiger charge is -2.28. The molecule has 0 aliphatic heterocycles. The van der Waals surface area contributed by atoms with Crippen LogP contribution in [-0.2, 0) is 9.59 Å². The van der Waals surface area contributed by atoms with E-state index >= 15 is 0 Å². The third kappa shape index (κ3) is 5.10. The van der Waals surface area contributed by atoms with Gasteiger partial charge in [0.05, 0.1) is 5.92 Å². The van der Waals surface area contributed by atoms with Gasteiger partial charge in [0.25, 0.3) is 0 Å². The maximum atomic E-state index is 11.6. The molecule has 2 unspecified atom stereocenters. The highest BCUT2D eigenvalue weighted by atomic mass is 16.1. The Labute approximate surface area is 98.1 Å². The van der Waals surface area contributed by atoms with Crippen LogP contribution in [0.25, 0.3) is 0 Å². The number of carbonyl (C=O) groups excluding carboxylic acids is 2. The standard InChI is InChI=1S/C13H23NO2/c1-6-7-10(12(14)16)11(9(2)15)8-13(3,4)5/h6,10-11H,1,7-8H2,2-5H3,(H2,14,16). The SMILES string of the molecule is C=CCC(C(N)=O)C(CC(C)(C)C)C(C)=O. The topological polar surface area (TPSA) is 60.2 Å². The van der Waals surface area contributed by atoms with E-state index in [2.05, 4.69) is 27.4 Å². The number of hydrogen-bond donors (Lipinski definition) is 1. The van der Waals surface area contributed by atoms with Crippen molar-refractivity contribution in [3.63, 3.8) is 0 Å². The number of primary amides is 1. The van der Waals surface area contributed by atoms with Gasteiger partial charge in [-0.1, -0.05) is 26.8 Å². The molecule has 0 saturated heterocycles. The zero-order valence-corrected chi connectivity index (χ0v) is 10.7. The van der Waals surface area contributed by atoms with Crippen LogP contribution in [0, 0.1) is 17.3 Å².